The molecule has 0 saturated heterocycles. The summed E-state index contributed by atoms with van der Waals surface area (Å²) in [5.41, 5.74) is 1.54. The zero-order valence-electron chi connectivity index (χ0n) is 7.49. The van der Waals surface area contributed by atoms with Gasteiger partial charge < -0.3 is 4.98 Å². The van der Waals surface area contributed by atoms with Gasteiger partial charge in [-0.05, 0) is 18.2 Å². The molecular weight excluding hydrogens is 230 g/mol. The van der Waals surface area contributed by atoms with Crippen LogP contribution >= 0.6 is 22.9 Å². The Labute approximate surface area is 94.8 Å². The highest BCUT2D eigenvalue weighted by Gasteiger charge is 2.06. The van der Waals surface area contributed by atoms with Crippen LogP contribution in [0, 0.1) is 5.38 Å². The van der Waals surface area contributed by atoms with Crippen molar-refractivity contribution in [2.75, 3.05) is 0 Å². The maximum Gasteiger partial charge on any atom is 0.157 e. The smallest absolute Gasteiger partial charge is 0.157 e. The summed E-state index contributed by atoms with van der Waals surface area (Å²) >= 11 is 7.35. The summed E-state index contributed by atoms with van der Waals surface area (Å²) in [6, 6.07) is 5.62. The lowest BCUT2D eigenvalue weighted by Crippen LogP contribution is -1.74. The van der Waals surface area contributed by atoms with Crippen molar-refractivity contribution in [3.8, 4) is 10.7 Å². The van der Waals surface area contributed by atoms with E-state index in [4.69, 9.17) is 11.6 Å². The quantitative estimate of drug-likeness (QED) is 0.703. The van der Waals surface area contributed by atoms with E-state index in [1.807, 2.05) is 12.1 Å². The van der Waals surface area contributed by atoms with Crippen LogP contribution in [0.15, 0.2) is 24.4 Å². The van der Waals surface area contributed by atoms with Crippen molar-refractivity contribution >= 4 is 34.1 Å². The minimum Gasteiger partial charge on any atom is -0.322 e. The standard InChI is InChI=1S/C10H5ClN3S/c11-6-4-7-9(12-5-6)14-10(13-7)8-2-1-3-15-8/h1-2,4-5H,(H,12,13,14). The Morgan fingerprint density at radius 1 is 1.47 bits per heavy atom. The Morgan fingerprint density at radius 3 is 3.20 bits per heavy atom. The molecule has 0 atom stereocenters. The van der Waals surface area contributed by atoms with Crippen LogP contribution in [0.5, 0.6) is 0 Å². The van der Waals surface area contributed by atoms with Gasteiger partial charge in [0.1, 0.15) is 11.3 Å². The molecule has 0 unspecified atom stereocenters. The van der Waals surface area contributed by atoms with Gasteiger partial charge in [0, 0.05) is 11.6 Å². The van der Waals surface area contributed by atoms with Crippen molar-refractivity contribution < 1.29 is 0 Å². The summed E-state index contributed by atoms with van der Waals surface area (Å²) in [7, 11) is 0. The van der Waals surface area contributed by atoms with Gasteiger partial charge in [0.05, 0.1) is 9.90 Å². The van der Waals surface area contributed by atoms with Gasteiger partial charge in [0.25, 0.3) is 0 Å². The number of nitrogens with zero attached hydrogens (tertiary/aromatic N) is 2. The second kappa shape index (κ2) is 3.32. The largest absolute Gasteiger partial charge is 0.322 e. The number of imidazole rings is 1. The number of halogens is 1. The van der Waals surface area contributed by atoms with E-state index < -0.39 is 0 Å². The second-order valence-electron chi connectivity index (χ2n) is 3.02. The second-order valence-corrected chi connectivity index (χ2v) is 4.34. The predicted octanol–water partition coefficient (Wildman–Crippen LogP) is 3.14. The molecule has 1 radical (unpaired) electrons. The molecule has 3 heterocycles. The molecule has 0 saturated carbocycles. The Bertz CT molecular complexity index is 600. The third kappa shape index (κ3) is 1.52. The fourth-order valence-electron chi connectivity index (χ4n) is 1.36. The maximum absolute atomic E-state index is 5.83. The predicted molar refractivity (Wildman–Crippen MR) is 61.0 cm³/mol. The zero-order chi connectivity index (χ0) is 10.3. The maximum atomic E-state index is 5.83. The molecule has 0 bridgehead atoms. The molecular formula is C10H5ClN3S. The van der Waals surface area contributed by atoms with Crippen LogP contribution in [0.1, 0.15) is 0 Å². The monoisotopic (exact) mass is 234 g/mol. The lowest BCUT2D eigenvalue weighted by Gasteiger charge is -1.86. The first-order chi connectivity index (χ1) is 7.33. The zero-order valence-corrected chi connectivity index (χ0v) is 9.06. The highest BCUT2D eigenvalue weighted by atomic mass is 35.5. The summed E-state index contributed by atoms with van der Waals surface area (Å²) < 4.78 is 0. The van der Waals surface area contributed by atoms with Gasteiger partial charge in [-0.3, -0.25) is 0 Å². The first kappa shape index (κ1) is 8.88. The third-order valence-electron chi connectivity index (χ3n) is 2.01. The molecule has 0 fully saturated rings. The van der Waals surface area contributed by atoms with Crippen molar-refractivity contribution in [2.45, 2.75) is 0 Å². The van der Waals surface area contributed by atoms with Gasteiger partial charge >= 0.3 is 0 Å². The number of pyridine rings is 1. The number of hydrogen-bond acceptors (Lipinski definition) is 3. The molecule has 3 rings (SSSR count). The number of hydrogen-bond donors (Lipinski definition) is 1. The van der Waals surface area contributed by atoms with Gasteiger partial charge in [-0.25, -0.2) is 9.97 Å². The lowest BCUT2D eigenvalue weighted by molar-refractivity contribution is 1.31. The molecule has 0 amide bonds. The Balaban J connectivity index is 2.22. The van der Waals surface area contributed by atoms with E-state index in [-0.39, 0.29) is 0 Å². The van der Waals surface area contributed by atoms with Gasteiger partial charge in [-0.15, -0.1) is 11.3 Å². The van der Waals surface area contributed by atoms with Crippen LogP contribution in [-0.2, 0) is 0 Å². The number of thiophene rings is 1. The molecule has 1 N–H and O–H groups in total. The molecule has 0 aromatic carbocycles. The summed E-state index contributed by atoms with van der Waals surface area (Å²) in [5, 5.41) is 3.61. The van der Waals surface area contributed by atoms with E-state index in [0.717, 1.165) is 21.9 Å². The Morgan fingerprint density at radius 2 is 2.40 bits per heavy atom. The van der Waals surface area contributed by atoms with Gasteiger partial charge in [0.2, 0.25) is 0 Å². The molecule has 73 valence electrons. The molecule has 3 aromatic rings. The molecule has 3 aromatic heterocycles. The number of H-pyrrole nitrogens is 1. The number of rotatable bonds is 1. The van der Waals surface area contributed by atoms with Crippen molar-refractivity contribution in [1.82, 2.24) is 15.0 Å². The van der Waals surface area contributed by atoms with E-state index >= 15 is 0 Å². The molecule has 0 spiro atoms. The highest BCUT2D eigenvalue weighted by Crippen LogP contribution is 2.24. The average Bonchev–Trinajstić information content (AvgIpc) is 2.84. The molecule has 0 aliphatic rings. The Kier molecular flexibility index (Phi) is 1.97. The molecule has 0 aliphatic carbocycles. The molecule has 15 heavy (non-hydrogen) atoms. The van der Waals surface area contributed by atoms with Gasteiger partial charge in [-0.2, -0.15) is 0 Å². The van der Waals surface area contributed by atoms with E-state index in [0.29, 0.717) is 5.02 Å². The minimum absolute atomic E-state index is 0.596. The third-order valence-corrected chi connectivity index (χ3v) is 3.02. The lowest BCUT2D eigenvalue weighted by atomic mass is 10.4. The fourth-order valence-corrected chi connectivity index (χ4v) is 2.10. The van der Waals surface area contributed by atoms with Crippen LogP contribution in [0.4, 0.5) is 0 Å². The SMILES string of the molecule is Clc1cnc2[nH]c(-c3cc[c]s3)nc2c1. The average molecular weight is 235 g/mol. The van der Waals surface area contributed by atoms with Crippen LogP contribution in [0.2, 0.25) is 5.02 Å². The van der Waals surface area contributed by atoms with E-state index in [9.17, 15) is 0 Å². The van der Waals surface area contributed by atoms with Crippen LogP contribution in [-0.4, -0.2) is 15.0 Å². The fraction of sp³-hybridized carbons (Fsp3) is 0. The molecule has 0 aliphatic heterocycles. The molecule has 3 nitrogen and oxygen atoms in total. The van der Waals surface area contributed by atoms with Gasteiger partial charge in [0.15, 0.2) is 5.65 Å². The first-order valence-corrected chi connectivity index (χ1v) is 5.50. The van der Waals surface area contributed by atoms with Crippen molar-refractivity contribution in [1.29, 1.82) is 0 Å². The van der Waals surface area contributed by atoms with Crippen molar-refractivity contribution in [3.63, 3.8) is 0 Å². The topological polar surface area (TPSA) is 41.6 Å². The summed E-state index contributed by atoms with van der Waals surface area (Å²) in [5.74, 6) is 0.811. The van der Waals surface area contributed by atoms with E-state index in [1.165, 1.54) is 11.3 Å². The van der Waals surface area contributed by atoms with E-state index in [1.54, 1.807) is 12.3 Å². The normalized spacial score (nSPS) is 11.0. The number of nitrogens with one attached hydrogen (secondary N) is 1. The first-order valence-electron chi connectivity index (χ1n) is 4.30. The van der Waals surface area contributed by atoms with Crippen molar-refractivity contribution in [2.24, 2.45) is 0 Å². The summed E-state index contributed by atoms with van der Waals surface area (Å²) in [4.78, 5) is 12.7. The highest BCUT2D eigenvalue weighted by molar-refractivity contribution is 7.13. The van der Waals surface area contributed by atoms with Crippen LogP contribution < -0.4 is 0 Å². The Hall–Kier alpha value is -1.39. The van der Waals surface area contributed by atoms with E-state index in [2.05, 4.69) is 20.3 Å². The molecule has 5 heteroatoms. The van der Waals surface area contributed by atoms with Gasteiger partial charge in [-0.1, -0.05) is 11.6 Å². The van der Waals surface area contributed by atoms with Crippen molar-refractivity contribution in [3.05, 3.63) is 34.8 Å². The van der Waals surface area contributed by atoms with Crippen LogP contribution in [0.3, 0.4) is 0 Å². The number of fused-ring (bicyclic) bond motifs is 1. The summed E-state index contributed by atoms with van der Waals surface area (Å²) in [6.45, 7) is 0. The summed E-state index contributed by atoms with van der Waals surface area (Å²) in [6.07, 6.45) is 1.60. The minimum atomic E-state index is 0.596. The number of aromatic amines is 1. The number of aromatic nitrogens is 3. The van der Waals surface area contributed by atoms with Crippen LogP contribution in [0.25, 0.3) is 21.9 Å².